The Morgan fingerprint density at radius 2 is 1.80 bits per heavy atom. The SMILES string of the molecule is Cc1ccc(C)c(CC(NN)c2ccc(F)c(C)c2)c1. The highest BCUT2D eigenvalue weighted by atomic mass is 19.1. The number of nitrogens with one attached hydrogen (secondary N) is 1. The molecule has 2 aromatic carbocycles. The van der Waals surface area contributed by atoms with Gasteiger partial charge in [0.2, 0.25) is 0 Å². The lowest BCUT2D eigenvalue weighted by atomic mass is 9.94. The molecule has 0 radical (unpaired) electrons. The third-order valence-corrected chi connectivity index (χ3v) is 3.71. The van der Waals surface area contributed by atoms with Crippen molar-refractivity contribution in [1.29, 1.82) is 0 Å². The van der Waals surface area contributed by atoms with Gasteiger partial charge in [0.25, 0.3) is 0 Å². The Hall–Kier alpha value is -1.71. The van der Waals surface area contributed by atoms with Gasteiger partial charge in [0, 0.05) is 0 Å². The van der Waals surface area contributed by atoms with Crippen LogP contribution in [0.2, 0.25) is 0 Å². The molecular weight excluding hydrogens is 251 g/mol. The van der Waals surface area contributed by atoms with E-state index < -0.39 is 0 Å². The smallest absolute Gasteiger partial charge is 0.126 e. The second-order valence-electron chi connectivity index (χ2n) is 5.36. The molecule has 2 aromatic rings. The van der Waals surface area contributed by atoms with E-state index in [-0.39, 0.29) is 11.9 Å². The Morgan fingerprint density at radius 3 is 2.45 bits per heavy atom. The fraction of sp³-hybridized carbons (Fsp3) is 0.294. The van der Waals surface area contributed by atoms with Crippen molar-refractivity contribution in [3.8, 4) is 0 Å². The highest BCUT2D eigenvalue weighted by Gasteiger charge is 2.13. The van der Waals surface area contributed by atoms with Crippen LogP contribution < -0.4 is 11.3 Å². The molecule has 0 spiro atoms. The third kappa shape index (κ3) is 3.24. The quantitative estimate of drug-likeness (QED) is 0.660. The molecule has 0 saturated heterocycles. The maximum absolute atomic E-state index is 13.4. The lowest BCUT2D eigenvalue weighted by molar-refractivity contribution is 0.547. The topological polar surface area (TPSA) is 38.0 Å². The van der Waals surface area contributed by atoms with Crippen molar-refractivity contribution in [2.45, 2.75) is 33.2 Å². The number of nitrogens with two attached hydrogens (primary N) is 1. The molecule has 0 fully saturated rings. The van der Waals surface area contributed by atoms with Gasteiger partial charge in [-0.2, -0.15) is 0 Å². The van der Waals surface area contributed by atoms with Crippen molar-refractivity contribution in [2.24, 2.45) is 5.84 Å². The van der Waals surface area contributed by atoms with Gasteiger partial charge in [-0.1, -0.05) is 35.9 Å². The minimum absolute atomic E-state index is 0.0187. The second-order valence-corrected chi connectivity index (χ2v) is 5.36. The molecule has 1 atom stereocenters. The zero-order chi connectivity index (χ0) is 14.7. The number of benzene rings is 2. The fourth-order valence-corrected chi connectivity index (χ4v) is 2.40. The van der Waals surface area contributed by atoms with E-state index in [0.29, 0.717) is 5.56 Å². The van der Waals surface area contributed by atoms with Crippen molar-refractivity contribution in [3.05, 3.63) is 70.0 Å². The summed E-state index contributed by atoms with van der Waals surface area (Å²) in [5.41, 5.74) is 8.22. The molecule has 0 amide bonds. The minimum Gasteiger partial charge on any atom is -0.271 e. The number of hydrogen-bond acceptors (Lipinski definition) is 2. The monoisotopic (exact) mass is 272 g/mol. The lowest BCUT2D eigenvalue weighted by Crippen LogP contribution is -2.29. The molecular formula is C17H21FN2. The van der Waals surface area contributed by atoms with Crippen LogP contribution in [0.15, 0.2) is 36.4 Å². The van der Waals surface area contributed by atoms with Crippen LogP contribution in [0.25, 0.3) is 0 Å². The first-order valence-corrected chi connectivity index (χ1v) is 6.79. The van der Waals surface area contributed by atoms with Gasteiger partial charge in [-0.3, -0.25) is 11.3 Å². The van der Waals surface area contributed by atoms with E-state index in [1.165, 1.54) is 22.8 Å². The first kappa shape index (κ1) is 14.7. The number of aryl methyl sites for hydroxylation is 3. The van der Waals surface area contributed by atoms with Crippen LogP contribution in [0.3, 0.4) is 0 Å². The van der Waals surface area contributed by atoms with Crippen molar-refractivity contribution < 1.29 is 4.39 Å². The molecule has 2 rings (SSSR count). The normalized spacial score (nSPS) is 12.4. The predicted molar refractivity (Wildman–Crippen MR) is 80.8 cm³/mol. The van der Waals surface area contributed by atoms with Crippen molar-refractivity contribution in [2.75, 3.05) is 0 Å². The lowest BCUT2D eigenvalue weighted by Gasteiger charge is -2.19. The maximum atomic E-state index is 13.4. The number of hydrogen-bond donors (Lipinski definition) is 2. The van der Waals surface area contributed by atoms with E-state index in [4.69, 9.17) is 5.84 Å². The summed E-state index contributed by atoms with van der Waals surface area (Å²) in [5, 5.41) is 0. The average molecular weight is 272 g/mol. The third-order valence-electron chi connectivity index (χ3n) is 3.71. The summed E-state index contributed by atoms with van der Waals surface area (Å²) < 4.78 is 13.4. The fourth-order valence-electron chi connectivity index (χ4n) is 2.40. The van der Waals surface area contributed by atoms with Crippen molar-refractivity contribution in [3.63, 3.8) is 0 Å². The second kappa shape index (κ2) is 6.16. The van der Waals surface area contributed by atoms with E-state index in [0.717, 1.165) is 12.0 Å². The highest BCUT2D eigenvalue weighted by molar-refractivity contribution is 5.33. The minimum atomic E-state index is -0.184. The molecule has 0 aliphatic heterocycles. The predicted octanol–water partition coefficient (Wildman–Crippen LogP) is 3.50. The Kier molecular flexibility index (Phi) is 4.53. The molecule has 0 bridgehead atoms. The highest BCUT2D eigenvalue weighted by Crippen LogP contribution is 2.22. The van der Waals surface area contributed by atoms with Crippen molar-refractivity contribution in [1.82, 2.24) is 5.43 Å². The van der Waals surface area contributed by atoms with Crippen LogP contribution in [0, 0.1) is 26.6 Å². The zero-order valence-corrected chi connectivity index (χ0v) is 12.2. The number of rotatable bonds is 4. The summed E-state index contributed by atoms with van der Waals surface area (Å²) in [6.45, 7) is 5.94. The van der Waals surface area contributed by atoms with Crippen LogP contribution in [0.4, 0.5) is 4.39 Å². The molecule has 0 aliphatic carbocycles. The number of hydrazine groups is 1. The molecule has 3 heteroatoms. The van der Waals surface area contributed by atoms with Gasteiger partial charge in [-0.25, -0.2) is 4.39 Å². The standard InChI is InChI=1S/C17H21FN2/c1-11-4-5-12(2)15(8-11)10-17(20-19)14-6-7-16(18)13(3)9-14/h4-9,17,20H,10,19H2,1-3H3. The molecule has 1 unspecified atom stereocenters. The maximum Gasteiger partial charge on any atom is 0.126 e. The van der Waals surface area contributed by atoms with Crippen LogP contribution in [0.1, 0.15) is 33.9 Å². The summed E-state index contributed by atoms with van der Waals surface area (Å²) in [5.74, 6) is 5.50. The molecule has 0 aliphatic rings. The van der Waals surface area contributed by atoms with Gasteiger partial charge in [0.15, 0.2) is 0 Å². The van der Waals surface area contributed by atoms with Gasteiger partial charge >= 0.3 is 0 Å². The summed E-state index contributed by atoms with van der Waals surface area (Å²) in [6, 6.07) is 11.5. The first-order chi connectivity index (χ1) is 9.51. The Balaban J connectivity index is 2.28. The Labute approximate surface area is 119 Å². The van der Waals surface area contributed by atoms with E-state index in [2.05, 4.69) is 37.5 Å². The van der Waals surface area contributed by atoms with Crippen LogP contribution in [-0.4, -0.2) is 0 Å². The van der Waals surface area contributed by atoms with Gasteiger partial charge in [0.05, 0.1) is 6.04 Å². The number of halogens is 1. The van der Waals surface area contributed by atoms with E-state index in [1.807, 2.05) is 6.07 Å². The van der Waals surface area contributed by atoms with Gasteiger partial charge < -0.3 is 0 Å². The molecule has 20 heavy (non-hydrogen) atoms. The van der Waals surface area contributed by atoms with Crippen LogP contribution in [0.5, 0.6) is 0 Å². The van der Waals surface area contributed by atoms with Gasteiger partial charge in [-0.15, -0.1) is 0 Å². The van der Waals surface area contributed by atoms with E-state index in [1.54, 1.807) is 13.0 Å². The van der Waals surface area contributed by atoms with Crippen LogP contribution >= 0.6 is 0 Å². The molecule has 2 nitrogen and oxygen atoms in total. The average Bonchev–Trinajstić information content (AvgIpc) is 2.43. The summed E-state index contributed by atoms with van der Waals surface area (Å²) in [6.07, 6.45) is 0.787. The molecule has 3 N–H and O–H groups in total. The largest absolute Gasteiger partial charge is 0.271 e. The Bertz CT molecular complexity index is 608. The van der Waals surface area contributed by atoms with Gasteiger partial charge in [0.1, 0.15) is 5.82 Å². The summed E-state index contributed by atoms with van der Waals surface area (Å²) >= 11 is 0. The molecule has 0 aromatic heterocycles. The first-order valence-electron chi connectivity index (χ1n) is 6.79. The zero-order valence-electron chi connectivity index (χ0n) is 12.2. The molecule has 0 heterocycles. The van der Waals surface area contributed by atoms with Crippen LogP contribution in [-0.2, 0) is 6.42 Å². The summed E-state index contributed by atoms with van der Waals surface area (Å²) in [7, 11) is 0. The molecule has 0 saturated carbocycles. The summed E-state index contributed by atoms with van der Waals surface area (Å²) in [4.78, 5) is 0. The van der Waals surface area contributed by atoms with Gasteiger partial charge in [-0.05, 0) is 55.5 Å². The van der Waals surface area contributed by atoms with E-state index >= 15 is 0 Å². The Morgan fingerprint density at radius 1 is 1.05 bits per heavy atom. The van der Waals surface area contributed by atoms with E-state index in [9.17, 15) is 4.39 Å². The van der Waals surface area contributed by atoms with Crippen molar-refractivity contribution >= 4 is 0 Å². The molecule has 106 valence electrons.